The van der Waals surface area contributed by atoms with Crippen LogP contribution in [0.2, 0.25) is 0 Å². The van der Waals surface area contributed by atoms with Crippen LogP contribution < -0.4 is 4.74 Å². The fraction of sp³-hybridized carbons (Fsp3) is 0.188. The quantitative estimate of drug-likeness (QED) is 0.762. The number of benzene rings is 2. The summed E-state index contributed by atoms with van der Waals surface area (Å²) < 4.78 is 6.82. The SMILES string of the molecule is c1ccc(OCCSC2=Nc3ccccc3CS2)cc1. The lowest BCUT2D eigenvalue weighted by Gasteiger charge is -2.14. The van der Waals surface area contributed by atoms with E-state index in [-0.39, 0.29) is 0 Å². The Labute approximate surface area is 127 Å². The molecule has 2 aromatic rings. The summed E-state index contributed by atoms with van der Waals surface area (Å²) in [6.45, 7) is 0.704. The van der Waals surface area contributed by atoms with Crippen LogP contribution in [-0.4, -0.2) is 16.7 Å². The molecule has 0 fully saturated rings. The Bertz CT molecular complexity index is 598. The molecule has 0 radical (unpaired) electrons. The maximum Gasteiger partial charge on any atom is 0.131 e. The third-order valence-corrected chi connectivity index (χ3v) is 5.09. The number of nitrogens with zero attached hydrogens (tertiary/aromatic N) is 1. The smallest absolute Gasteiger partial charge is 0.131 e. The van der Waals surface area contributed by atoms with E-state index in [4.69, 9.17) is 4.74 Å². The lowest BCUT2D eigenvalue weighted by Crippen LogP contribution is -2.03. The second-order valence-corrected chi connectivity index (χ2v) is 6.61. The second kappa shape index (κ2) is 6.86. The molecule has 0 spiro atoms. The van der Waals surface area contributed by atoms with Crippen LogP contribution in [0.1, 0.15) is 5.56 Å². The predicted molar refractivity (Wildman–Crippen MR) is 89.2 cm³/mol. The van der Waals surface area contributed by atoms with E-state index in [2.05, 4.69) is 23.2 Å². The number of para-hydroxylation sites is 2. The molecule has 0 aliphatic carbocycles. The fourth-order valence-corrected chi connectivity index (χ4v) is 3.84. The minimum Gasteiger partial charge on any atom is -0.493 e. The number of hydrogen-bond donors (Lipinski definition) is 0. The van der Waals surface area contributed by atoms with E-state index in [1.165, 1.54) is 5.56 Å². The van der Waals surface area contributed by atoms with E-state index in [0.717, 1.165) is 27.3 Å². The highest BCUT2D eigenvalue weighted by Gasteiger charge is 2.12. The third-order valence-electron chi connectivity index (χ3n) is 2.88. The fourth-order valence-electron chi connectivity index (χ4n) is 1.89. The first-order valence-electron chi connectivity index (χ1n) is 6.52. The molecule has 0 amide bonds. The van der Waals surface area contributed by atoms with Crippen LogP contribution in [0, 0.1) is 0 Å². The Hall–Kier alpha value is -1.39. The first-order valence-corrected chi connectivity index (χ1v) is 8.49. The number of thioether (sulfide) groups is 2. The van der Waals surface area contributed by atoms with E-state index < -0.39 is 0 Å². The molecular formula is C16H15NOS2. The molecule has 0 saturated heterocycles. The Morgan fingerprint density at radius 2 is 1.85 bits per heavy atom. The van der Waals surface area contributed by atoms with Gasteiger partial charge in [0, 0.05) is 11.5 Å². The van der Waals surface area contributed by atoms with Crippen molar-refractivity contribution in [2.75, 3.05) is 12.4 Å². The lowest BCUT2D eigenvalue weighted by molar-refractivity contribution is 0.344. The molecule has 3 rings (SSSR count). The number of fused-ring (bicyclic) bond motifs is 1. The van der Waals surface area contributed by atoms with Crippen LogP contribution in [0.3, 0.4) is 0 Å². The molecule has 2 aromatic carbocycles. The Morgan fingerprint density at radius 1 is 1.05 bits per heavy atom. The predicted octanol–water partition coefficient (Wildman–Crippen LogP) is 4.73. The highest BCUT2D eigenvalue weighted by Crippen LogP contribution is 2.34. The van der Waals surface area contributed by atoms with Crippen molar-refractivity contribution in [1.29, 1.82) is 0 Å². The first kappa shape index (κ1) is 13.6. The number of hydrogen-bond acceptors (Lipinski definition) is 4. The van der Waals surface area contributed by atoms with Crippen molar-refractivity contribution in [2.45, 2.75) is 5.75 Å². The summed E-state index contributed by atoms with van der Waals surface area (Å²) in [4.78, 5) is 4.68. The van der Waals surface area contributed by atoms with Crippen molar-refractivity contribution >= 4 is 33.6 Å². The molecule has 102 valence electrons. The molecular weight excluding hydrogens is 286 g/mol. The molecule has 20 heavy (non-hydrogen) atoms. The van der Waals surface area contributed by atoms with Crippen LogP contribution in [0.15, 0.2) is 59.6 Å². The molecule has 0 saturated carbocycles. The normalized spacial score (nSPS) is 13.5. The molecule has 1 aliphatic heterocycles. The standard InChI is InChI=1S/C16H15NOS2/c1-2-7-14(8-3-1)18-10-11-19-16-17-15-9-5-4-6-13(15)12-20-16/h1-9H,10-12H2. The minimum atomic E-state index is 0.704. The zero-order valence-electron chi connectivity index (χ0n) is 11.0. The average Bonchev–Trinajstić information content (AvgIpc) is 2.52. The zero-order valence-corrected chi connectivity index (χ0v) is 12.6. The van der Waals surface area contributed by atoms with Gasteiger partial charge in [0.1, 0.15) is 10.1 Å². The second-order valence-electron chi connectivity index (χ2n) is 4.31. The summed E-state index contributed by atoms with van der Waals surface area (Å²) >= 11 is 3.58. The van der Waals surface area contributed by atoms with Crippen molar-refractivity contribution < 1.29 is 4.74 Å². The van der Waals surface area contributed by atoms with Crippen LogP contribution in [0.5, 0.6) is 5.75 Å². The van der Waals surface area contributed by atoms with Crippen molar-refractivity contribution in [2.24, 2.45) is 4.99 Å². The number of aliphatic imine (C=N–C) groups is 1. The number of rotatable bonds is 4. The topological polar surface area (TPSA) is 21.6 Å². The summed E-state index contributed by atoms with van der Waals surface area (Å²) in [7, 11) is 0. The molecule has 0 unspecified atom stereocenters. The van der Waals surface area contributed by atoms with Crippen LogP contribution >= 0.6 is 23.5 Å². The van der Waals surface area contributed by atoms with Crippen LogP contribution in [0.4, 0.5) is 5.69 Å². The van der Waals surface area contributed by atoms with Crippen molar-refractivity contribution in [3.63, 3.8) is 0 Å². The van der Waals surface area contributed by atoms with Gasteiger partial charge in [-0.3, -0.25) is 0 Å². The molecule has 0 bridgehead atoms. The van der Waals surface area contributed by atoms with Gasteiger partial charge in [-0.1, -0.05) is 59.9 Å². The highest BCUT2D eigenvalue weighted by molar-refractivity contribution is 8.38. The molecule has 1 heterocycles. The van der Waals surface area contributed by atoms with Crippen LogP contribution in [0.25, 0.3) is 0 Å². The van der Waals surface area contributed by atoms with E-state index in [0.29, 0.717) is 6.61 Å². The molecule has 0 atom stereocenters. The summed E-state index contributed by atoms with van der Waals surface area (Å²) in [5, 5.41) is 0. The zero-order chi connectivity index (χ0) is 13.6. The van der Waals surface area contributed by atoms with E-state index in [1.54, 1.807) is 11.8 Å². The molecule has 4 heteroatoms. The van der Waals surface area contributed by atoms with Gasteiger partial charge in [0.2, 0.25) is 0 Å². The van der Waals surface area contributed by atoms with Gasteiger partial charge in [-0.15, -0.1) is 0 Å². The molecule has 2 nitrogen and oxygen atoms in total. The summed E-state index contributed by atoms with van der Waals surface area (Å²) in [5.74, 6) is 2.86. The van der Waals surface area contributed by atoms with E-state index >= 15 is 0 Å². The van der Waals surface area contributed by atoms with Crippen molar-refractivity contribution in [3.05, 3.63) is 60.2 Å². The summed E-state index contributed by atoms with van der Waals surface area (Å²) in [6.07, 6.45) is 0. The largest absolute Gasteiger partial charge is 0.493 e. The lowest BCUT2D eigenvalue weighted by atomic mass is 10.2. The average molecular weight is 301 g/mol. The van der Waals surface area contributed by atoms with Crippen LogP contribution in [-0.2, 0) is 5.75 Å². The first-order chi connectivity index (χ1) is 9.92. The molecule has 0 aromatic heterocycles. The number of ether oxygens (including phenoxy) is 1. The van der Waals surface area contributed by atoms with Crippen molar-refractivity contribution in [3.8, 4) is 5.75 Å². The summed E-state index contributed by atoms with van der Waals surface area (Å²) in [5.41, 5.74) is 2.43. The van der Waals surface area contributed by atoms with E-state index in [1.807, 2.05) is 48.2 Å². The minimum absolute atomic E-state index is 0.704. The van der Waals surface area contributed by atoms with Gasteiger partial charge in [-0.2, -0.15) is 0 Å². The molecule has 1 aliphatic rings. The van der Waals surface area contributed by atoms with Gasteiger partial charge in [-0.05, 0) is 23.8 Å². The van der Waals surface area contributed by atoms with E-state index in [9.17, 15) is 0 Å². The van der Waals surface area contributed by atoms with Gasteiger partial charge in [-0.25, -0.2) is 4.99 Å². The van der Waals surface area contributed by atoms with Gasteiger partial charge >= 0.3 is 0 Å². The maximum absolute atomic E-state index is 5.68. The van der Waals surface area contributed by atoms with Gasteiger partial charge in [0.05, 0.1) is 12.3 Å². The Balaban J connectivity index is 1.49. The maximum atomic E-state index is 5.68. The van der Waals surface area contributed by atoms with Gasteiger partial charge in [0.25, 0.3) is 0 Å². The third kappa shape index (κ3) is 3.58. The van der Waals surface area contributed by atoms with Crippen molar-refractivity contribution in [1.82, 2.24) is 0 Å². The highest BCUT2D eigenvalue weighted by atomic mass is 32.2. The van der Waals surface area contributed by atoms with Gasteiger partial charge in [0.15, 0.2) is 0 Å². The Morgan fingerprint density at radius 3 is 2.75 bits per heavy atom. The Kier molecular flexibility index (Phi) is 4.66. The summed E-state index contributed by atoms with van der Waals surface area (Å²) in [6, 6.07) is 18.3. The van der Waals surface area contributed by atoms with Gasteiger partial charge < -0.3 is 4.74 Å². The monoisotopic (exact) mass is 301 g/mol. The molecule has 0 N–H and O–H groups in total.